The molecule has 0 saturated heterocycles. The van der Waals surface area contributed by atoms with E-state index in [0.717, 1.165) is 17.3 Å². The van der Waals surface area contributed by atoms with E-state index in [1.54, 1.807) is 10.9 Å². The number of carbonyl (C=O) groups is 1. The van der Waals surface area contributed by atoms with Crippen LogP contribution in [0, 0.1) is 0 Å². The molecule has 1 unspecified atom stereocenters. The first kappa shape index (κ1) is 11.6. The molecular formula is C10H14BrN3O2. The Morgan fingerprint density at radius 2 is 2.56 bits per heavy atom. The van der Waals surface area contributed by atoms with Gasteiger partial charge in [0.2, 0.25) is 0 Å². The Balaban J connectivity index is 1.97. The summed E-state index contributed by atoms with van der Waals surface area (Å²) in [4.78, 5) is 11.5. The van der Waals surface area contributed by atoms with Gasteiger partial charge in [-0.15, -0.1) is 0 Å². The first-order valence-corrected chi connectivity index (χ1v) is 6.00. The van der Waals surface area contributed by atoms with E-state index in [9.17, 15) is 4.79 Å². The number of halogens is 1. The molecule has 1 aliphatic carbocycles. The molecule has 1 aromatic heterocycles. The Hall–Kier alpha value is -0.880. The summed E-state index contributed by atoms with van der Waals surface area (Å²) in [6.07, 6.45) is 5.81. The van der Waals surface area contributed by atoms with Gasteiger partial charge in [0.1, 0.15) is 6.04 Å². The summed E-state index contributed by atoms with van der Waals surface area (Å²) >= 11 is 3.32. The van der Waals surface area contributed by atoms with E-state index in [0.29, 0.717) is 12.6 Å². The minimum atomic E-state index is -0.315. The van der Waals surface area contributed by atoms with Crippen LogP contribution in [0.2, 0.25) is 0 Å². The quantitative estimate of drug-likeness (QED) is 0.819. The Bertz CT molecular complexity index is 376. The normalized spacial score (nSPS) is 17.1. The van der Waals surface area contributed by atoms with Gasteiger partial charge in [-0.3, -0.25) is 9.48 Å². The summed E-state index contributed by atoms with van der Waals surface area (Å²) in [6.45, 7) is 0.495. The minimum Gasteiger partial charge on any atom is -0.468 e. The highest BCUT2D eigenvalue weighted by atomic mass is 79.9. The predicted octanol–water partition coefficient (Wildman–Crippen LogP) is 0.939. The third kappa shape index (κ3) is 3.05. The van der Waals surface area contributed by atoms with Gasteiger partial charge in [-0.05, 0) is 28.8 Å². The van der Waals surface area contributed by atoms with Crippen LogP contribution in [0.1, 0.15) is 12.8 Å². The number of nitrogens with one attached hydrogen (secondary N) is 1. The van der Waals surface area contributed by atoms with Crippen LogP contribution in [0.25, 0.3) is 0 Å². The van der Waals surface area contributed by atoms with E-state index in [2.05, 4.69) is 26.3 Å². The van der Waals surface area contributed by atoms with Gasteiger partial charge in [-0.1, -0.05) is 0 Å². The lowest BCUT2D eigenvalue weighted by atomic mass is 10.3. The van der Waals surface area contributed by atoms with Gasteiger partial charge in [-0.25, -0.2) is 0 Å². The van der Waals surface area contributed by atoms with Crippen LogP contribution < -0.4 is 5.32 Å². The fourth-order valence-corrected chi connectivity index (χ4v) is 1.83. The molecule has 1 fully saturated rings. The van der Waals surface area contributed by atoms with E-state index in [1.165, 1.54) is 7.11 Å². The molecule has 1 atom stereocenters. The van der Waals surface area contributed by atoms with Crippen LogP contribution in [0.4, 0.5) is 0 Å². The molecule has 1 heterocycles. The lowest BCUT2D eigenvalue weighted by molar-refractivity contribution is -0.143. The monoisotopic (exact) mass is 287 g/mol. The molecular weight excluding hydrogens is 274 g/mol. The van der Waals surface area contributed by atoms with Crippen LogP contribution in [-0.4, -0.2) is 34.9 Å². The standard InChI is InChI=1S/C10H14BrN3O2/c1-16-10(15)9(13-8-2-3-8)6-14-5-7(11)4-12-14/h4-5,8-9,13H,2-3,6H2,1H3. The zero-order valence-electron chi connectivity index (χ0n) is 9.02. The zero-order chi connectivity index (χ0) is 11.5. The highest BCUT2D eigenvalue weighted by Gasteiger charge is 2.29. The number of nitrogens with zero attached hydrogens (tertiary/aromatic N) is 2. The third-order valence-electron chi connectivity index (χ3n) is 2.47. The molecule has 1 saturated carbocycles. The van der Waals surface area contributed by atoms with Crippen LogP contribution in [0.5, 0.6) is 0 Å². The topological polar surface area (TPSA) is 56.2 Å². The molecule has 0 radical (unpaired) electrons. The third-order valence-corrected chi connectivity index (χ3v) is 2.88. The number of esters is 1. The first-order chi connectivity index (χ1) is 7.69. The molecule has 6 heteroatoms. The van der Waals surface area contributed by atoms with Crippen LogP contribution in [-0.2, 0) is 16.1 Å². The summed E-state index contributed by atoms with van der Waals surface area (Å²) in [7, 11) is 1.41. The van der Waals surface area contributed by atoms with Gasteiger partial charge < -0.3 is 10.1 Å². The second-order valence-corrected chi connectivity index (χ2v) is 4.81. The summed E-state index contributed by atoms with van der Waals surface area (Å²) < 4.78 is 7.39. The van der Waals surface area contributed by atoms with Crippen molar-refractivity contribution in [3.63, 3.8) is 0 Å². The highest BCUT2D eigenvalue weighted by Crippen LogP contribution is 2.20. The van der Waals surface area contributed by atoms with Crippen molar-refractivity contribution in [1.29, 1.82) is 0 Å². The molecule has 16 heavy (non-hydrogen) atoms. The summed E-state index contributed by atoms with van der Waals surface area (Å²) in [6, 6.07) is 0.146. The van der Waals surface area contributed by atoms with Crippen molar-refractivity contribution in [3.05, 3.63) is 16.9 Å². The zero-order valence-corrected chi connectivity index (χ0v) is 10.6. The first-order valence-electron chi connectivity index (χ1n) is 5.21. The van der Waals surface area contributed by atoms with Crippen molar-refractivity contribution in [2.24, 2.45) is 0 Å². The van der Waals surface area contributed by atoms with Crippen molar-refractivity contribution in [2.45, 2.75) is 31.5 Å². The van der Waals surface area contributed by atoms with Crippen molar-refractivity contribution in [3.8, 4) is 0 Å². The molecule has 0 spiro atoms. The maximum atomic E-state index is 11.5. The van der Waals surface area contributed by atoms with Gasteiger partial charge in [0.25, 0.3) is 0 Å². The fraction of sp³-hybridized carbons (Fsp3) is 0.600. The van der Waals surface area contributed by atoms with Crippen molar-refractivity contribution < 1.29 is 9.53 Å². The van der Waals surface area contributed by atoms with Crippen LogP contribution in [0.3, 0.4) is 0 Å². The minimum absolute atomic E-state index is 0.237. The average Bonchev–Trinajstić information content (AvgIpc) is 2.99. The maximum absolute atomic E-state index is 11.5. The van der Waals surface area contributed by atoms with Gasteiger partial charge in [0.05, 0.1) is 24.3 Å². The number of ether oxygens (including phenoxy) is 1. The molecule has 5 nitrogen and oxygen atoms in total. The Morgan fingerprint density at radius 1 is 1.81 bits per heavy atom. The Kier molecular flexibility index (Phi) is 3.60. The van der Waals surface area contributed by atoms with E-state index >= 15 is 0 Å². The fourth-order valence-electron chi connectivity index (χ4n) is 1.50. The summed E-state index contributed by atoms with van der Waals surface area (Å²) in [5.41, 5.74) is 0. The predicted molar refractivity (Wildman–Crippen MR) is 61.9 cm³/mol. The number of carbonyl (C=O) groups excluding carboxylic acids is 1. The van der Waals surface area contributed by atoms with Gasteiger partial charge in [0.15, 0.2) is 0 Å². The SMILES string of the molecule is COC(=O)C(Cn1cc(Br)cn1)NC1CC1. The van der Waals surface area contributed by atoms with Crippen LogP contribution >= 0.6 is 15.9 Å². The van der Waals surface area contributed by atoms with Crippen LogP contribution in [0.15, 0.2) is 16.9 Å². The van der Waals surface area contributed by atoms with Gasteiger partial charge in [0, 0.05) is 12.2 Å². The molecule has 0 bridgehead atoms. The number of hydrogen-bond donors (Lipinski definition) is 1. The Morgan fingerprint density at radius 3 is 3.06 bits per heavy atom. The second kappa shape index (κ2) is 4.97. The maximum Gasteiger partial charge on any atom is 0.324 e. The summed E-state index contributed by atoms with van der Waals surface area (Å²) in [5, 5.41) is 7.37. The molecule has 88 valence electrons. The van der Waals surface area contributed by atoms with Crippen molar-refractivity contribution in [1.82, 2.24) is 15.1 Å². The van der Waals surface area contributed by atoms with E-state index in [1.807, 2.05) is 6.20 Å². The Labute approximate surface area is 102 Å². The number of rotatable bonds is 5. The lowest BCUT2D eigenvalue weighted by Gasteiger charge is -2.15. The molecule has 0 aliphatic heterocycles. The van der Waals surface area contributed by atoms with Gasteiger partial charge >= 0.3 is 5.97 Å². The highest BCUT2D eigenvalue weighted by molar-refractivity contribution is 9.10. The van der Waals surface area contributed by atoms with Crippen molar-refractivity contribution >= 4 is 21.9 Å². The lowest BCUT2D eigenvalue weighted by Crippen LogP contribution is -2.42. The van der Waals surface area contributed by atoms with Crippen molar-refractivity contribution in [2.75, 3.05) is 7.11 Å². The number of hydrogen-bond acceptors (Lipinski definition) is 4. The van der Waals surface area contributed by atoms with E-state index in [4.69, 9.17) is 4.74 Å². The number of methoxy groups -OCH3 is 1. The smallest absolute Gasteiger partial charge is 0.324 e. The molecule has 1 aliphatic rings. The largest absolute Gasteiger partial charge is 0.468 e. The molecule has 1 aromatic rings. The number of aromatic nitrogens is 2. The molecule has 2 rings (SSSR count). The molecule has 0 aromatic carbocycles. The average molecular weight is 288 g/mol. The van der Waals surface area contributed by atoms with E-state index < -0.39 is 0 Å². The summed E-state index contributed by atoms with van der Waals surface area (Å²) in [5.74, 6) is -0.237. The molecule has 0 amide bonds. The molecule has 1 N–H and O–H groups in total. The van der Waals surface area contributed by atoms with Gasteiger partial charge in [-0.2, -0.15) is 5.10 Å². The van der Waals surface area contributed by atoms with E-state index in [-0.39, 0.29) is 12.0 Å². The second-order valence-electron chi connectivity index (χ2n) is 3.90.